The first-order valence-electron chi connectivity index (χ1n) is 14.4. The number of nitrogens with one attached hydrogen (secondary N) is 1. The highest BCUT2D eigenvalue weighted by molar-refractivity contribution is 5.96. The summed E-state index contributed by atoms with van der Waals surface area (Å²) >= 11 is 0. The Morgan fingerprint density at radius 3 is 2.02 bits per heavy atom. The lowest BCUT2D eigenvalue weighted by atomic mass is 9.81. The monoisotopic (exact) mass is 530 g/mol. The number of hydrogen-bond acceptors (Lipinski definition) is 2. The van der Waals surface area contributed by atoms with Crippen LogP contribution < -0.4 is 11.1 Å². The zero-order valence-electron chi connectivity index (χ0n) is 23.5. The molecule has 0 radical (unpaired) electrons. The van der Waals surface area contributed by atoms with Crippen molar-refractivity contribution in [1.29, 1.82) is 0 Å². The molecule has 3 N–H and O–H groups in total. The predicted octanol–water partition coefficient (Wildman–Crippen LogP) is 9.30. The fourth-order valence-corrected chi connectivity index (χ4v) is 6.45. The van der Waals surface area contributed by atoms with Crippen molar-refractivity contribution in [3.8, 4) is 11.1 Å². The Morgan fingerprint density at radius 1 is 0.610 bits per heavy atom. The van der Waals surface area contributed by atoms with Crippen molar-refractivity contribution in [1.82, 2.24) is 5.32 Å². The highest BCUT2D eigenvalue weighted by atomic mass is 15.0. The van der Waals surface area contributed by atoms with Gasteiger partial charge >= 0.3 is 0 Å². The largest absolute Gasteiger partial charge is 0.312 e. The lowest BCUT2D eigenvalue weighted by molar-refractivity contribution is 0.509. The summed E-state index contributed by atoms with van der Waals surface area (Å²) in [5.41, 5.74) is 15.6. The first kappa shape index (κ1) is 25.5. The summed E-state index contributed by atoms with van der Waals surface area (Å²) in [7, 11) is 0. The van der Waals surface area contributed by atoms with E-state index < -0.39 is 0 Å². The van der Waals surface area contributed by atoms with Gasteiger partial charge in [-0.15, -0.1) is 0 Å². The Bertz CT molecular complexity index is 1920. The summed E-state index contributed by atoms with van der Waals surface area (Å²) in [6.45, 7) is 4.69. The van der Waals surface area contributed by atoms with Crippen molar-refractivity contribution in [3.63, 3.8) is 0 Å². The maximum atomic E-state index is 6.71. The highest BCUT2D eigenvalue weighted by Gasteiger charge is 2.36. The number of rotatable bonds is 6. The topological polar surface area (TPSA) is 38.0 Å². The molecule has 0 amide bonds. The van der Waals surface area contributed by atoms with Gasteiger partial charge in [-0.25, -0.2) is 0 Å². The quantitative estimate of drug-likeness (QED) is 0.211. The van der Waals surface area contributed by atoms with E-state index in [2.05, 4.69) is 141 Å². The van der Waals surface area contributed by atoms with Gasteiger partial charge in [-0.2, -0.15) is 0 Å². The van der Waals surface area contributed by atoms with E-state index in [0.29, 0.717) is 0 Å². The van der Waals surface area contributed by atoms with Gasteiger partial charge in [0, 0.05) is 5.41 Å². The van der Waals surface area contributed by atoms with Crippen LogP contribution in [-0.2, 0) is 5.41 Å². The third-order valence-corrected chi connectivity index (χ3v) is 8.72. The smallest absolute Gasteiger partial charge is 0.0817 e. The van der Waals surface area contributed by atoms with Gasteiger partial charge in [-0.05, 0) is 78.7 Å². The Labute approximate surface area is 242 Å². The molecule has 0 spiro atoms. The van der Waals surface area contributed by atoms with E-state index in [-0.39, 0.29) is 17.6 Å². The molecule has 6 aromatic carbocycles. The van der Waals surface area contributed by atoms with E-state index in [1.165, 1.54) is 54.9 Å². The molecule has 1 aliphatic rings. The minimum absolute atomic E-state index is 0.0653. The van der Waals surface area contributed by atoms with Crippen LogP contribution in [0.5, 0.6) is 0 Å². The Hall–Kier alpha value is -4.50. The van der Waals surface area contributed by atoms with Crippen LogP contribution >= 0.6 is 0 Å². The summed E-state index contributed by atoms with van der Waals surface area (Å²) in [5, 5.41) is 8.73. The Kier molecular flexibility index (Phi) is 6.31. The van der Waals surface area contributed by atoms with Gasteiger partial charge in [-0.1, -0.05) is 135 Å². The van der Waals surface area contributed by atoms with E-state index in [9.17, 15) is 0 Å². The molecule has 0 aromatic heterocycles. The van der Waals surface area contributed by atoms with Crippen LogP contribution in [0.3, 0.4) is 0 Å². The molecule has 0 saturated carbocycles. The van der Waals surface area contributed by atoms with Crippen LogP contribution in [0.1, 0.15) is 53.9 Å². The fraction of sp³-hybridized carbons (Fsp3) is 0.128. The molecule has 2 unspecified atom stereocenters. The molecule has 0 fully saturated rings. The Morgan fingerprint density at radius 2 is 1.27 bits per heavy atom. The van der Waals surface area contributed by atoms with Crippen LogP contribution in [0.2, 0.25) is 0 Å². The molecule has 2 nitrogen and oxygen atoms in total. The summed E-state index contributed by atoms with van der Waals surface area (Å²) in [6.07, 6.45) is 4.25. The third-order valence-electron chi connectivity index (χ3n) is 8.72. The van der Waals surface area contributed by atoms with Gasteiger partial charge in [0.05, 0.1) is 12.2 Å². The first-order chi connectivity index (χ1) is 20.0. The van der Waals surface area contributed by atoms with Crippen LogP contribution in [0.15, 0.2) is 133 Å². The van der Waals surface area contributed by atoms with Crippen molar-refractivity contribution in [3.05, 3.63) is 161 Å². The average molecular weight is 531 g/mol. The zero-order chi connectivity index (χ0) is 28.0. The summed E-state index contributed by atoms with van der Waals surface area (Å²) in [5.74, 6) is 0. The normalized spacial score (nSPS) is 15.2. The molecule has 1 aliphatic carbocycles. The second kappa shape index (κ2) is 10.2. The van der Waals surface area contributed by atoms with Crippen LogP contribution in [0.4, 0.5) is 0 Å². The zero-order valence-corrected chi connectivity index (χ0v) is 23.5. The number of hydrogen-bond donors (Lipinski definition) is 2. The van der Waals surface area contributed by atoms with Gasteiger partial charge in [0.1, 0.15) is 0 Å². The maximum absolute atomic E-state index is 6.71. The molecule has 41 heavy (non-hydrogen) atoms. The predicted molar refractivity (Wildman–Crippen MR) is 174 cm³/mol. The van der Waals surface area contributed by atoms with Crippen molar-refractivity contribution in [2.75, 3.05) is 0 Å². The molecule has 7 rings (SSSR count). The molecule has 0 aliphatic heterocycles. The second-order valence-corrected chi connectivity index (χ2v) is 11.6. The van der Waals surface area contributed by atoms with Crippen LogP contribution in [-0.4, -0.2) is 0 Å². The Balaban J connectivity index is 1.33. The van der Waals surface area contributed by atoms with E-state index in [4.69, 9.17) is 5.73 Å². The molecular formula is C39H34N2. The molecule has 0 bridgehead atoms. The maximum Gasteiger partial charge on any atom is 0.0817 e. The lowest BCUT2D eigenvalue weighted by Crippen LogP contribution is -2.31. The van der Waals surface area contributed by atoms with Gasteiger partial charge in [0.25, 0.3) is 0 Å². The molecule has 2 atom stereocenters. The van der Waals surface area contributed by atoms with Crippen molar-refractivity contribution >= 4 is 27.6 Å². The molecule has 0 heterocycles. The third kappa shape index (κ3) is 4.56. The summed E-state index contributed by atoms with van der Waals surface area (Å²) in [4.78, 5) is 0. The highest BCUT2D eigenvalue weighted by Crippen LogP contribution is 2.51. The lowest BCUT2D eigenvalue weighted by Gasteiger charge is -2.23. The van der Waals surface area contributed by atoms with E-state index >= 15 is 0 Å². The molecule has 6 aromatic rings. The molecular weight excluding hydrogens is 496 g/mol. The summed E-state index contributed by atoms with van der Waals surface area (Å²) in [6, 6.07) is 45.5. The minimum Gasteiger partial charge on any atom is -0.312 e. The minimum atomic E-state index is -0.301. The van der Waals surface area contributed by atoms with Crippen LogP contribution in [0, 0.1) is 0 Å². The standard InChI is InChI=1S/C39H34N2/c1-39(2)34-18-10-17-27(37(34)33-24-30-15-8-9-16-31(30)25-35(33)39)21-22-36(41-38(40)28-12-4-3-5-13-28)32-20-19-26-11-6-7-14-29(26)23-32/h3-25,36,38,41H,40H2,1-2H3/b22-21+. The average Bonchev–Trinajstić information content (AvgIpc) is 3.24. The van der Waals surface area contributed by atoms with Gasteiger partial charge in [0.2, 0.25) is 0 Å². The van der Waals surface area contributed by atoms with E-state index in [0.717, 1.165) is 5.56 Å². The SMILES string of the molecule is CC1(C)c2cc3ccccc3cc2-c2c(/C=C/C(NC(N)c3ccccc3)c3ccc4ccccc4c3)cccc21. The van der Waals surface area contributed by atoms with Crippen LogP contribution in [0.25, 0.3) is 38.7 Å². The van der Waals surface area contributed by atoms with Gasteiger partial charge in [-0.3, -0.25) is 5.32 Å². The van der Waals surface area contributed by atoms with Gasteiger partial charge < -0.3 is 5.73 Å². The fourth-order valence-electron chi connectivity index (χ4n) is 6.45. The van der Waals surface area contributed by atoms with E-state index in [1.807, 2.05) is 18.2 Å². The number of fused-ring (bicyclic) bond motifs is 5. The number of benzene rings is 6. The van der Waals surface area contributed by atoms with Crippen molar-refractivity contribution in [2.24, 2.45) is 5.73 Å². The van der Waals surface area contributed by atoms with Crippen molar-refractivity contribution < 1.29 is 0 Å². The molecule has 2 heteroatoms. The number of nitrogens with two attached hydrogens (primary N) is 1. The summed E-state index contributed by atoms with van der Waals surface area (Å²) < 4.78 is 0. The van der Waals surface area contributed by atoms with Gasteiger partial charge in [0.15, 0.2) is 0 Å². The molecule has 0 saturated heterocycles. The second-order valence-electron chi connectivity index (χ2n) is 11.6. The van der Waals surface area contributed by atoms with E-state index in [1.54, 1.807) is 0 Å². The first-order valence-corrected chi connectivity index (χ1v) is 14.4. The van der Waals surface area contributed by atoms with Crippen molar-refractivity contribution in [2.45, 2.75) is 31.5 Å². The molecule has 200 valence electrons.